The van der Waals surface area contributed by atoms with Crippen LogP contribution in [0.25, 0.3) is 11.5 Å². The lowest BCUT2D eigenvalue weighted by Gasteiger charge is -2.46. The Morgan fingerprint density at radius 3 is 1.94 bits per heavy atom. The zero-order chi connectivity index (χ0) is 49.4. The summed E-state index contributed by atoms with van der Waals surface area (Å²) in [6.07, 6.45) is 1.36. The summed E-state index contributed by atoms with van der Waals surface area (Å²) in [6.45, 7) is 4.20. The molecule has 2 amide bonds. The van der Waals surface area contributed by atoms with Crippen LogP contribution in [0, 0.1) is 0 Å². The fraction of sp³-hybridized carbons (Fsp3) is 0.417. The van der Waals surface area contributed by atoms with Gasteiger partial charge in [-0.15, -0.1) is 0 Å². The number of rotatable bonds is 4. The molecule has 0 unspecified atom stereocenters. The van der Waals surface area contributed by atoms with Crippen LogP contribution in [0.1, 0.15) is 51.4 Å². The Hall–Kier alpha value is -7.46. The van der Waals surface area contributed by atoms with Gasteiger partial charge in [-0.1, -0.05) is 18.2 Å². The highest BCUT2D eigenvalue weighted by Crippen LogP contribution is 2.43. The van der Waals surface area contributed by atoms with Crippen LogP contribution in [0.4, 0.5) is 71.6 Å². The van der Waals surface area contributed by atoms with Crippen LogP contribution in [0.15, 0.2) is 107 Å². The number of aromatic nitrogens is 7. The zero-order valence-electron chi connectivity index (χ0n) is 38.3. The lowest BCUT2D eigenvalue weighted by molar-refractivity contribution is -0.146. The maximum absolute atomic E-state index is 13.5. The van der Waals surface area contributed by atoms with Crippen molar-refractivity contribution < 1.29 is 31.1 Å². The molecule has 0 saturated carbocycles. The third-order valence-electron chi connectivity index (χ3n) is 13.6. The Bertz CT molecular complexity index is 3000. The standard InChI is InChI=1S/C21H23F3N6O.C15H19F3N4.C12H8N4O2/c22-21(23,24)16-6-4-12-29(16)18-9-8-15-19(27-18)30(14-5-3-11-28(15)13-14)20(31)26-17-7-1-2-10-25-17;16-15(17,18)12-4-2-8-22(12)13-6-5-11-14(20-13)19-10-3-1-7-21(11)9-10;17-11-14-10-6-2-4-8-15(10)12(18)16(11)9-5-1-3-7-13-9/h1-2,7-10,14,16H,3-6,11-13H2,(H,25,26,31);5-6,10,12H,1-4,7-9H2,(H,19,20);1-8H/t14-,16+;10-,12+;/m00./s1. The first kappa shape index (κ1) is 47.2. The Kier molecular flexibility index (Phi) is 12.9. The van der Waals surface area contributed by atoms with Gasteiger partial charge in [0.2, 0.25) is 0 Å². The Labute approximate surface area is 402 Å². The molecule has 6 aromatic rings. The van der Waals surface area contributed by atoms with Gasteiger partial charge in [0.25, 0.3) is 0 Å². The van der Waals surface area contributed by atoms with Gasteiger partial charge in [-0.3, -0.25) is 14.6 Å². The van der Waals surface area contributed by atoms with Crippen molar-refractivity contribution in [2.75, 3.05) is 74.4 Å². The van der Waals surface area contributed by atoms with Gasteiger partial charge in [0.15, 0.2) is 11.6 Å². The van der Waals surface area contributed by atoms with Gasteiger partial charge >= 0.3 is 29.8 Å². The number of piperidine rings is 2. The van der Waals surface area contributed by atoms with Gasteiger partial charge in [0.1, 0.15) is 41.0 Å². The first-order valence-corrected chi connectivity index (χ1v) is 23.7. The predicted octanol–water partition coefficient (Wildman–Crippen LogP) is 7.28. The van der Waals surface area contributed by atoms with E-state index in [-0.39, 0.29) is 36.6 Å². The third kappa shape index (κ3) is 9.72. The molecule has 372 valence electrons. The summed E-state index contributed by atoms with van der Waals surface area (Å²) >= 11 is 0. The highest BCUT2D eigenvalue weighted by Gasteiger charge is 2.48. The summed E-state index contributed by atoms with van der Waals surface area (Å²) in [5.74, 6) is 2.52. The molecular formula is C48H50F6N14O3. The van der Waals surface area contributed by atoms with E-state index < -0.39 is 35.8 Å². The van der Waals surface area contributed by atoms with Crippen LogP contribution in [0.5, 0.6) is 0 Å². The lowest BCUT2D eigenvalue weighted by atomic mass is 10.00. The number of anilines is 7. The molecule has 12 rings (SSSR count). The Morgan fingerprint density at radius 2 is 1.27 bits per heavy atom. The number of hydrogen-bond donors (Lipinski definition) is 2. The van der Waals surface area contributed by atoms with E-state index in [0.717, 1.165) is 67.1 Å². The second-order valence-electron chi connectivity index (χ2n) is 18.2. The van der Waals surface area contributed by atoms with Crippen LogP contribution in [-0.2, 0) is 0 Å². The highest BCUT2D eigenvalue weighted by atomic mass is 19.4. The number of pyridine rings is 5. The maximum Gasteiger partial charge on any atom is 0.408 e. The summed E-state index contributed by atoms with van der Waals surface area (Å²) in [7, 11) is 0. The first-order valence-electron chi connectivity index (χ1n) is 23.7. The molecule has 4 saturated heterocycles. The second kappa shape index (κ2) is 19.4. The summed E-state index contributed by atoms with van der Waals surface area (Å²) in [5.41, 5.74) is 0.995. The van der Waals surface area contributed by atoms with E-state index in [1.807, 2.05) is 6.07 Å². The molecule has 23 heteroatoms. The minimum atomic E-state index is -4.32. The molecule has 4 fully saturated rings. The van der Waals surface area contributed by atoms with E-state index in [1.54, 1.807) is 90.1 Å². The molecule has 0 aliphatic carbocycles. The molecule has 0 aromatic carbocycles. The molecule has 6 aliphatic heterocycles. The number of nitrogens with one attached hydrogen (secondary N) is 2. The number of nitrogens with zero attached hydrogens (tertiary/aromatic N) is 12. The monoisotopic (exact) mass is 984 g/mol. The topological polar surface area (TPSA) is 165 Å². The molecular weight excluding hydrogens is 935 g/mol. The SMILES string of the molecule is FC(F)(F)[C@H]1CCCN1c1ccc2c(n1)N[C@H]1CCCN2C1.O=C(Nc1ccccn1)N1c2nc(N3CCC[C@@H]3C(F)(F)F)ccc2N2CCC[C@H]1C2.O=c1nc2ccccn2c(=O)n1-c1ccccn1. The molecule has 4 atom stereocenters. The normalized spacial score (nSPS) is 21.3. The average Bonchev–Trinajstić information content (AvgIpc) is 4.08. The van der Waals surface area contributed by atoms with Gasteiger partial charge < -0.3 is 24.9 Å². The van der Waals surface area contributed by atoms with Crippen molar-refractivity contribution in [2.24, 2.45) is 0 Å². The fourth-order valence-corrected chi connectivity index (χ4v) is 10.4. The van der Waals surface area contributed by atoms with Crippen molar-refractivity contribution in [3.05, 3.63) is 118 Å². The fourth-order valence-electron chi connectivity index (χ4n) is 10.4. The number of carbonyl (C=O) groups is 1. The van der Waals surface area contributed by atoms with Gasteiger partial charge in [-0.2, -0.15) is 35.9 Å². The van der Waals surface area contributed by atoms with Gasteiger partial charge in [-0.05, 0) is 112 Å². The molecule has 71 heavy (non-hydrogen) atoms. The molecule has 0 radical (unpaired) electrons. The molecule has 4 bridgehead atoms. The summed E-state index contributed by atoms with van der Waals surface area (Å²) in [5, 5.41) is 6.19. The second-order valence-corrected chi connectivity index (χ2v) is 18.2. The van der Waals surface area contributed by atoms with Crippen molar-refractivity contribution in [1.29, 1.82) is 0 Å². The number of urea groups is 1. The number of fused-ring (bicyclic) bond motifs is 9. The van der Waals surface area contributed by atoms with Crippen LogP contribution >= 0.6 is 0 Å². The summed E-state index contributed by atoms with van der Waals surface area (Å²) in [4.78, 5) is 67.1. The third-order valence-corrected chi connectivity index (χ3v) is 13.6. The quantitative estimate of drug-likeness (QED) is 0.170. The molecule has 6 aromatic heterocycles. The Balaban J connectivity index is 0.000000128. The van der Waals surface area contributed by atoms with Crippen LogP contribution in [0.3, 0.4) is 0 Å². The molecule has 2 N–H and O–H groups in total. The predicted molar refractivity (Wildman–Crippen MR) is 256 cm³/mol. The minimum Gasteiger partial charge on any atom is -0.366 e. The summed E-state index contributed by atoms with van der Waals surface area (Å²) in [6, 6.07) is 19.3. The number of amides is 2. The molecule has 17 nitrogen and oxygen atoms in total. The number of alkyl halides is 6. The number of halogens is 6. The Morgan fingerprint density at radius 1 is 0.634 bits per heavy atom. The molecule has 12 heterocycles. The summed E-state index contributed by atoms with van der Waals surface area (Å²) < 4.78 is 82.2. The van der Waals surface area contributed by atoms with Crippen LogP contribution in [-0.4, -0.2) is 116 Å². The van der Waals surface area contributed by atoms with Crippen molar-refractivity contribution >= 4 is 52.1 Å². The van der Waals surface area contributed by atoms with Gasteiger partial charge in [0.05, 0.1) is 17.4 Å². The molecule has 0 spiro atoms. The van der Waals surface area contributed by atoms with E-state index in [0.29, 0.717) is 61.6 Å². The van der Waals surface area contributed by atoms with E-state index in [9.17, 15) is 40.7 Å². The van der Waals surface area contributed by atoms with E-state index in [4.69, 9.17) is 0 Å². The zero-order valence-corrected chi connectivity index (χ0v) is 38.3. The molecule has 6 aliphatic rings. The lowest BCUT2D eigenvalue weighted by Crippen LogP contribution is -2.56. The van der Waals surface area contributed by atoms with Crippen molar-refractivity contribution in [3.63, 3.8) is 0 Å². The number of carbonyl (C=O) groups excluding carboxylic acids is 1. The largest absolute Gasteiger partial charge is 0.408 e. The number of hydrogen-bond acceptors (Lipinski definition) is 13. The van der Waals surface area contributed by atoms with Crippen molar-refractivity contribution in [2.45, 2.75) is 87.9 Å². The van der Waals surface area contributed by atoms with Crippen LogP contribution in [0.2, 0.25) is 0 Å². The van der Waals surface area contributed by atoms with Crippen LogP contribution < -0.4 is 46.5 Å². The minimum absolute atomic E-state index is 0.0564. The van der Waals surface area contributed by atoms with E-state index >= 15 is 0 Å². The smallest absolute Gasteiger partial charge is 0.366 e. The van der Waals surface area contributed by atoms with E-state index in [1.165, 1.54) is 20.4 Å². The first-order chi connectivity index (χ1) is 34.2. The highest BCUT2D eigenvalue weighted by molar-refractivity contribution is 6.04. The van der Waals surface area contributed by atoms with Gasteiger partial charge in [0, 0.05) is 63.9 Å². The average molecular weight is 985 g/mol. The van der Waals surface area contributed by atoms with Crippen molar-refractivity contribution in [1.82, 2.24) is 33.9 Å². The van der Waals surface area contributed by atoms with Gasteiger partial charge in [-0.25, -0.2) is 34.3 Å². The van der Waals surface area contributed by atoms with E-state index in [2.05, 4.69) is 45.4 Å². The maximum atomic E-state index is 13.5. The van der Waals surface area contributed by atoms with Crippen molar-refractivity contribution in [3.8, 4) is 5.82 Å².